The van der Waals surface area contributed by atoms with Crippen LogP contribution in [0.4, 0.5) is 8.78 Å². The summed E-state index contributed by atoms with van der Waals surface area (Å²) >= 11 is 0. The number of ether oxygens (including phenoxy) is 1. The molecule has 0 saturated carbocycles. The monoisotopic (exact) mass is 576 g/mol. The highest BCUT2D eigenvalue weighted by Gasteiger charge is 2.29. The molecule has 3 N–H and O–H groups in total. The summed E-state index contributed by atoms with van der Waals surface area (Å²) in [4.78, 5) is 28.4. The number of nitrogens with zero attached hydrogens (tertiary/aromatic N) is 1. The second kappa shape index (κ2) is 15.9. The van der Waals surface area contributed by atoms with Gasteiger partial charge in [0.25, 0.3) is 11.8 Å². The van der Waals surface area contributed by atoms with E-state index in [-0.39, 0.29) is 35.5 Å². The fraction of sp³-hybridized carbons (Fsp3) is 0.562. The van der Waals surface area contributed by atoms with Crippen molar-refractivity contribution in [3.8, 4) is 0 Å². The number of benzene rings is 2. The van der Waals surface area contributed by atoms with Crippen LogP contribution in [-0.4, -0.2) is 71.5 Å². The molecule has 0 aliphatic rings. The Bertz CT molecular complexity index is 1130. The van der Waals surface area contributed by atoms with Gasteiger partial charge in [0.2, 0.25) is 0 Å². The largest absolute Gasteiger partial charge is 0.388 e. The molecule has 0 heterocycles. The highest BCUT2D eigenvalue weighted by Crippen LogP contribution is 2.19. The maximum absolute atomic E-state index is 13.9. The van der Waals surface area contributed by atoms with Crippen molar-refractivity contribution in [2.45, 2.75) is 85.5 Å². The standard InChI is InChI=1S/C32H46F2N2O5/c1-7-10-36(11-8-2)31(40)24-14-21(3)13-23(18-24)30(39)35-27(17-22-15-25(33)19-26(34)16-22)29(38)28(37)20-41-12-9-32(4,5)6/h13-16,18-19,27-29,37-38H,7-12,17,20H2,1-6H3,(H,35,39)/t27-,28-,29+/m0/s1. The first kappa shape index (κ1) is 34.3. The predicted octanol–water partition coefficient (Wildman–Crippen LogP) is 5.05. The zero-order valence-corrected chi connectivity index (χ0v) is 25.2. The number of hydrogen-bond acceptors (Lipinski definition) is 5. The molecule has 3 atom stereocenters. The molecule has 0 aliphatic carbocycles. The fourth-order valence-electron chi connectivity index (χ4n) is 4.52. The molecule has 0 aromatic heterocycles. The molecule has 0 aliphatic heterocycles. The van der Waals surface area contributed by atoms with Gasteiger partial charge in [-0.05, 0) is 79.5 Å². The minimum absolute atomic E-state index is 0.0275. The molecule has 9 heteroatoms. The molecule has 0 bridgehead atoms. The first-order valence-corrected chi connectivity index (χ1v) is 14.3. The summed E-state index contributed by atoms with van der Waals surface area (Å²) in [7, 11) is 0. The highest BCUT2D eigenvalue weighted by atomic mass is 19.1. The Labute approximate surface area is 242 Å². The Morgan fingerprint density at radius 2 is 1.54 bits per heavy atom. The zero-order valence-electron chi connectivity index (χ0n) is 25.2. The molecule has 0 unspecified atom stereocenters. The van der Waals surface area contributed by atoms with Crippen molar-refractivity contribution >= 4 is 11.8 Å². The maximum Gasteiger partial charge on any atom is 0.253 e. The van der Waals surface area contributed by atoms with Crippen LogP contribution >= 0.6 is 0 Å². The van der Waals surface area contributed by atoms with Crippen LogP contribution in [0, 0.1) is 24.0 Å². The van der Waals surface area contributed by atoms with E-state index in [0.29, 0.717) is 30.8 Å². The van der Waals surface area contributed by atoms with Gasteiger partial charge in [-0.25, -0.2) is 8.78 Å². The Kier molecular flexibility index (Phi) is 13.3. The fourth-order valence-corrected chi connectivity index (χ4v) is 4.52. The lowest BCUT2D eigenvalue weighted by molar-refractivity contribution is -0.0534. The third-order valence-electron chi connectivity index (χ3n) is 6.65. The van der Waals surface area contributed by atoms with Crippen LogP contribution in [0.3, 0.4) is 0 Å². The summed E-state index contributed by atoms with van der Waals surface area (Å²) in [5.41, 5.74) is 1.49. The van der Waals surface area contributed by atoms with Gasteiger partial charge in [-0.1, -0.05) is 34.6 Å². The van der Waals surface area contributed by atoms with Gasteiger partial charge in [-0.15, -0.1) is 0 Å². The minimum atomic E-state index is -1.50. The number of rotatable bonds is 15. The Balaban J connectivity index is 2.29. The number of nitrogens with one attached hydrogen (secondary N) is 1. The lowest BCUT2D eigenvalue weighted by Crippen LogP contribution is -2.51. The highest BCUT2D eigenvalue weighted by molar-refractivity contribution is 6.00. The van der Waals surface area contributed by atoms with Crippen LogP contribution in [0.15, 0.2) is 36.4 Å². The summed E-state index contributed by atoms with van der Waals surface area (Å²) in [5.74, 6) is -2.37. The van der Waals surface area contributed by atoms with Gasteiger partial charge in [0.15, 0.2) is 0 Å². The first-order valence-electron chi connectivity index (χ1n) is 14.3. The van der Waals surface area contributed by atoms with E-state index in [1.54, 1.807) is 24.0 Å². The van der Waals surface area contributed by atoms with E-state index in [2.05, 4.69) is 26.1 Å². The van der Waals surface area contributed by atoms with Gasteiger partial charge in [0.05, 0.1) is 12.6 Å². The molecule has 0 saturated heterocycles. The summed E-state index contributed by atoms with van der Waals surface area (Å²) in [6.07, 6.45) is -0.693. The number of aliphatic hydroxyl groups is 2. The average Bonchev–Trinajstić information content (AvgIpc) is 2.88. The molecule has 2 amide bonds. The number of carbonyl (C=O) groups excluding carboxylic acids is 2. The van der Waals surface area contributed by atoms with Gasteiger partial charge < -0.3 is 25.2 Å². The van der Waals surface area contributed by atoms with Crippen molar-refractivity contribution in [3.63, 3.8) is 0 Å². The van der Waals surface area contributed by atoms with Crippen LogP contribution in [0.25, 0.3) is 0 Å². The molecule has 0 spiro atoms. The molecule has 0 fully saturated rings. The number of carbonyl (C=O) groups is 2. The van der Waals surface area contributed by atoms with Crippen molar-refractivity contribution in [1.29, 1.82) is 0 Å². The van der Waals surface area contributed by atoms with Gasteiger partial charge >= 0.3 is 0 Å². The van der Waals surface area contributed by atoms with Crippen molar-refractivity contribution in [2.75, 3.05) is 26.3 Å². The molecular formula is C32H46F2N2O5. The first-order chi connectivity index (χ1) is 19.2. The van der Waals surface area contributed by atoms with E-state index in [0.717, 1.165) is 37.5 Å². The Hall–Kier alpha value is -2.88. The van der Waals surface area contributed by atoms with E-state index in [1.807, 2.05) is 13.8 Å². The summed E-state index contributed by atoms with van der Waals surface area (Å²) in [6, 6.07) is 6.69. The van der Waals surface area contributed by atoms with Gasteiger partial charge in [0.1, 0.15) is 23.8 Å². The molecule has 0 radical (unpaired) electrons. The summed E-state index contributed by atoms with van der Waals surface area (Å²) < 4.78 is 33.4. The van der Waals surface area contributed by atoms with E-state index in [4.69, 9.17) is 4.74 Å². The van der Waals surface area contributed by atoms with Crippen molar-refractivity contribution in [3.05, 3.63) is 70.3 Å². The Morgan fingerprint density at radius 3 is 2.10 bits per heavy atom. The van der Waals surface area contributed by atoms with Crippen molar-refractivity contribution < 1.29 is 33.3 Å². The smallest absolute Gasteiger partial charge is 0.253 e. The van der Waals surface area contributed by atoms with Crippen LogP contribution in [0.2, 0.25) is 0 Å². The zero-order chi connectivity index (χ0) is 30.7. The quantitative estimate of drug-likeness (QED) is 0.258. The van der Waals surface area contributed by atoms with Crippen LogP contribution < -0.4 is 5.32 Å². The molecule has 2 aromatic carbocycles. The SMILES string of the molecule is CCCN(CCC)C(=O)c1cc(C)cc(C(=O)N[C@@H](Cc2cc(F)cc(F)c2)[C@@H](O)[C@@H](O)COCCC(C)(C)C)c1. The third-order valence-corrected chi connectivity index (χ3v) is 6.65. The second-order valence-electron chi connectivity index (χ2n) is 11.9. The third kappa shape index (κ3) is 11.5. The number of amides is 2. The summed E-state index contributed by atoms with van der Waals surface area (Å²) in [5, 5.41) is 24.4. The molecule has 2 aromatic rings. The number of aryl methyl sites for hydroxylation is 1. The molecular weight excluding hydrogens is 530 g/mol. The van der Waals surface area contributed by atoms with Crippen molar-refractivity contribution in [1.82, 2.24) is 10.2 Å². The van der Waals surface area contributed by atoms with Crippen LogP contribution in [-0.2, 0) is 11.2 Å². The normalized spacial score (nSPS) is 13.9. The van der Waals surface area contributed by atoms with Crippen molar-refractivity contribution in [2.24, 2.45) is 5.41 Å². The number of halogens is 2. The summed E-state index contributed by atoms with van der Waals surface area (Å²) in [6.45, 7) is 13.3. The lowest BCUT2D eigenvalue weighted by Gasteiger charge is -2.28. The topological polar surface area (TPSA) is 99.1 Å². The van der Waals surface area contributed by atoms with E-state index >= 15 is 0 Å². The predicted molar refractivity (Wildman–Crippen MR) is 156 cm³/mol. The maximum atomic E-state index is 13.9. The van der Waals surface area contributed by atoms with Gasteiger partial charge in [-0.2, -0.15) is 0 Å². The van der Waals surface area contributed by atoms with E-state index < -0.39 is 35.8 Å². The van der Waals surface area contributed by atoms with Gasteiger partial charge in [0, 0.05) is 36.9 Å². The number of hydrogen-bond donors (Lipinski definition) is 3. The molecule has 228 valence electrons. The molecule has 7 nitrogen and oxygen atoms in total. The molecule has 41 heavy (non-hydrogen) atoms. The Morgan fingerprint density at radius 1 is 0.951 bits per heavy atom. The number of aliphatic hydroxyl groups excluding tert-OH is 2. The lowest BCUT2D eigenvalue weighted by atomic mass is 9.93. The van der Waals surface area contributed by atoms with E-state index in [9.17, 15) is 28.6 Å². The second-order valence-corrected chi connectivity index (χ2v) is 11.9. The van der Waals surface area contributed by atoms with Crippen LogP contribution in [0.5, 0.6) is 0 Å². The van der Waals surface area contributed by atoms with E-state index in [1.165, 1.54) is 6.07 Å². The van der Waals surface area contributed by atoms with Gasteiger partial charge in [-0.3, -0.25) is 9.59 Å². The molecule has 2 rings (SSSR count). The van der Waals surface area contributed by atoms with Crippen LogP contribution in [0.1, 0.15) is 85.7 Å². The minimum Gasteiger partial charge on any atom is -0.388 e. The average molecular weight is 577 g/mol.